The number of rotatable bonds is 13. The Hall–Kier alpha value is -7.35. The summed E-state index contributed by atoms with van der Waals surface area (Å²) in [5.41, 5.74) is 6.12. The zero-order valence-electron chi connectivity index (χ0n) is 33.6. The van der Waals surface area contributed by atoms with Gasteiger partial charge in [0.25, 0.3) is 0 Å². The topological polar surface area (TPSA) is 191 Å². The van der Waals surface area contributed by atoms with Crippen LogP contribution in [0.2, 0.25) is 0 Å². The fourth-order valence-corrected chi connectivity index (χ4v) is 6.72. The molecule has 4 amide bonds. The second kappa shape index (κ2) is 21.6. The fraction of sp³-hybridized carbons (Fsp3) is 0.255. The van der Waals surface area contributed by atoms with Gasteiger partial charge in [-0.3, -0.25) is 9.59 Å². The highest BCUT2D eigenvalue weighted by atomic mass is 16.7. The number of benzene rings is 5. The van der Waals surface area contributed by atoms with E-state index in [-0.39, 0.29) is 52.0 Å². The first kappa shape index (κ1) is 43.2. The van der Waals surface area contributed by atoms with Crippen LogP contribution in [-0.2, 0) is 56.5 Å². The summed E-state index contributed by atoms with van der Waals surface area (Å²) in [5, 5.41) is 20.4. The smallest absolute Gasteiger partial charge is 0.489 e. The van der Waals surface area contributed by atoms with Gasteiger partial charge in [0.15, 0.2) is 6.23 Å². The first-order valence-corrected chi connectivity index (χ1v) is 19.9. The minimum absolute atomic E-state index is 0.00304. The summed E-state index contributed by atoms with van der Waals surface area (Å²) < 4.78 is 22.3. The number of hydrogen-bond acceptors (Lipinski definition) is 9. The van der Waals surface area contributed by atoms with Crippen molar-refractivity contribution in [2.24, 2.45) is 0 Å². The molecule has 1 heterocycles. The summed E-state index contributed by atoms with van der Waals surface area (Å²) in [6, 6.07) is 36.5. The fourth-order valence-electron chi connectivity index (χ4n) is 6.72. The van der Waals surface area contributed by atoms with Gasteiger partial charge in [-0.1, -0.05) is 115 Å². The summed E-state index contributed by atoms with van der Waals surface area (Å²) in [6.07, 6.45) is -4.38. The molecule has 0 radical (unpaired) electrons. The maximum atomic E-state index is 14.4. The number of carbonyl (C=O) groups is 5. The van der Waals surface area contributed by atoms with Gasteiger partial charge in [0.1, 0.15) is 37.7 Å². The number of fused-ring (bicyclic) bond motifs is 5. The highest BCUT2D eigenvalue weighted by Gasteiger charge is 2.31. The molecule has 3 atom stereocenters. The monoisotopic (exact) mass is 828 g/mol. The van der Waals surface area contributed by atoms with Crippen molar-refractivity contribution in [3.63, 3.8) is 0 Å². The van der Waals surface area contributed by atoms with Gasteiger partial charge in [0.2, 0.25) is 11.8 Å². The van der Waals surface area contributed by atoms with E-state index in [2.05, 4.69) is 21.3 Å². The van der Waals surface area contributed by atoms with Crippen molar-refractivity contribution in [2.75, 3.05) is 6.54 Å². The molecular formula is C47H48N4O10. The third kappa shape index (κ3) is 13.3. The van der Waals surface area contributed by atoms with Gasteiger partial charge in [0.05, 0.1) is 0 Å². The first-order chi connectivity index (χ1) is 29.6. The van der Waals surface area contributed by atoms with E-state index < -0.39 is 48.5 Å². The van der Waals surface area contributed by atoms with Crippen molar-refractivity contribution in [3.05, 3.63) is 161 Å². The van der Waals surface area contributed by atoms with E-state index >= 15 is 0 Å². The standard InChI is InChI=1S/C47H48N4O10/c1-31-19-20-35-24-37(31)27-42(61-47(56)57)51-43(52)39(18-11-23-48-45(54)59-29-33-14-7-3-8-15-33)49-44(53)40(50-46(55)60-30-34-16-9-4-10-17-34)26-38-25-36(35)21-22-41(38)58-28-32-12-5-2-6-13-32/h2-10,12-17,19-22,24-25,39-40,42H,11,18,23,26-30H2,1H3,(H,48,54)(H,49,53)(H,50,55)(H,51,52)(H,56,57)/t39-,40-,42-/m0/s1. The SMILES string of the molecule is Cc1ccc2cc1C[C@H](OC(=O)O)NC(=O)[C@H](CCCNC(=O)OCc1ccccc1)NC(=O)[C@@H](NC(=O)OCc1ccccc1)Cc1cc-2ccc1OCc1ccccc1. The second-order valence-corrected chi connectivity index (χ2v) is 14.5. The molecule has 0 saturated heterocycles. The molecule has 0 saturated carbocycles. The van der Waals surface area contributed by atoms with Crippen molar-refractivity contribution < 1.29 is 48.0 Å². The van der Waals surface area contributed by atoms with Gasteiger partial charge in [-0.25, -0.2) is 14.4 Å². The highest BCUT2D eigenvalue weighted by Crippen LogP contribution is 2.31. The molecule has 1 aliphatic rings. The van der Waals surface area contributed by atoms with E-state index in [4.69, 9.17) is 18.9 Å². The summed E-state index contributed by atoms with van der Waals surface area (Å²) in [6.45, 7) is 2.18. The molecule has 0 fully saturated rings. The molecule has 14 heteroatoms. The number of hydrogen-bond donors (Lipinski definition) is 5. The molecule has 316 valence electrons. The molecule has 0 aromatic heterocycles. The molecule has 0 spiro atoms. The summed E-state index contributed by atoms with van der Waals surface area (Å²) in [5.74, 6) is -1.00. The Balaban J connectivity index is 1.30. The van der Waals surface area contributed by atoms with Crippen LogP contribution in [0.15, 0.2) is 127 Å². The molecule has 1 aliphatic heterocycles. The Morgan fingerprint density at radius 1 is 0.672 bits per heavy atom. The van der Waals surface area contributed by atoms with Crippen LogP contribution in [-0.4, -0.2) is 60.1 Å². The number of amides is 4. The minimum Gasteiger partial charge on any atom is -0.489 e. The number of carbonyl (C=O) groups excluding carboxylic acids is 4. The molecule has 61 heavy (non-hydrogen) atoms. The number of nitrogens with one attached hydrogen (secondary N) is 4. The van der Waals surface area contributed by atoms with Crippen molar-refractivity contribution in [3.8, 4) is 16.9 Å². The maximum absolute atomic E-state index is 14.4. The lowest BCUT2D eigenvalue weighted by atomic mass is 9.94. The molecule has 0 aliphatic carbocycles. The Labute approximate surface area is 353 Å². The molecule has 0 unspecified atom stereocenters. The number of aryl methyl sites for hydroxylation is 1. The first-order valence-electron chi connectivity index (χ1n) is 19.9. The van der Waals surface area contributed by atoms with Crippen molar-refractivity contribution in [2.45, 2.75) is 70.7 Å². The summed E-state index contributed by atoms with van der Waals surface area (Å²) in [7, 11) is 0. The predicted molar refractivity (Wildman–Crippen MR) is 225 cm³/mol. The minimum atomic E-state index is -1.61. The Morgan fingerprint density at radius 2 is 1.25 bits per heavy atom. The quantitative estimate of drug-likeness (QED) is 0.0471. The zero-order chi connectivity index (χ0) is 43.0. The maximum Gasteiger partial charge on any atom is 0.507 e. The highest BCUT2D eigenvalue weighted by molar-refractivity contribution is 5.91. The molecule has 4 bridgehead atoms. The lowest BCUT2D eigenvalue weighted by Gasteiger charge is -2.25. The second-order valence-electron chi connectivity index (χ2n) is 14.5. The Bertz CT molecular complexity index is 2270. The van der Waals surface area contributed by atoms with Crippen LogP contribution < -0.4 is 26.0 Å². The van der Waals surface area contributed by atoms with Gasteiger partial charge in [-0.2, -0.15) is 0 Å². The van der Waals surface area contributed by atoms with Gasteiger partial charge < -0.3 is 45.3 Å². The van der Waals surface area contributed by atoms with E-state index in [1.54, 1.807) is 18.2 Å². The van der Waals surface area contributed by atoms with Gasteiger partial charge in [-0.05, 0) is 76.4 Å². The third-order valence-electron chi connectivity index (χ3n) is 9.96. The van der Waals surface area contributed by atoms with Crippen molar-refractivity contribution in [1.82, 2.24) is 21.3 Å². The number of alkyl carbamates (subject to hydrolysis) is 2. The van der Waals surface area contributed by atoms with E-state index in [0.29, 0.717) is 16.9 Å². The Kier molecular flexibility index (Phi) is 15.3. The molecule has 14 nitrogen and oxygen atoms in total. The number of ether oxygens (including phenoxy) is 4. The lowest BCUT2D eigenvalue weighted by molar-refractivity contribution is -0.132. The summed E-state index contributed by atoms with van der Waals surface area (Å²) in [4.78, 5) is 66.2. The third-order valence-corrected chi connectivity index (χ3v) is 9.96. The van der Waals surface area contributed by atoms with E-state index in [1.165, 1.54) is 0 Å². The van der Waals surface area contributed by atoms with Crippen LogP contribution in [0.4, 0.5) is 14.4 Å². The van der Waals surface area contributed by atoms with Crippen LogP contribution in [0.5, 0.6) is 5.75 Å². The van der Waals surface area contributed by atoms with Crippen molar-refractivity contribution >= 4 is 30.2 Å². The molecule has 5 aromatic carbocycles. The van der Waals surface area contributed by atoms with E-state index in [1.807, 2.05) is 116 Å². The lowest BCUT2D eigenvalue weighted by Crippen LogP contribution is -2.56. The van der Waals surface area contributed by atoms with Gasteiger partial charge >= 0.3 is 18.3 Å². The largest absolute Gasteiger partial charge is 0.507 e. The van der Waals surface area contributed by atoms with Crippen LogP contribution in [0.25, 0.3) is 11.1 Å². The van der Waals surface area contributed by atoms with Crippen molar-refractivity contribution in [1.29, 1.82) is 0 Å². The molecule has 5 aromatic rings. The van der Waals surface area contributed by atoms with Crippen LogP contribution >= 0.6 is 0 Å². The van der Waals surface area contributed by atoms with Crippen LogP contribution in [0.1, 0.15) is 46.2 Å². The average molecular weight is 829 g/mol. The predicted octanol–water partition coefficient (Wildman–Crippen LogP) is 6.96. The average Bonchev–Trinajstić information content (AvgIpc) is 3.26. The van der Waals surface area contributed by atoms with Gasteiger partial charge in [0, 0.05) is 19.4 Å². The van der Waals surface area contributed by atoms with E-state index in [9.17, 15) is 29.1 Å². The Morgan fingerprint density at radius 3 is 1.87 bits per heavy atom. The summed E-state index contributed by atoms with van der Waals surface area (Å²) >= 11 is 0. The zero-order valence-corrected chi connectivity index (χ0v) is 33.6. The van der Waals surface area contributed by atoms with Crippen LogP contribution in [0.3, 0.4) is 0 Å². The van der Waals surface area contributed by atoms with Crippen LogP contribution in [0, 0.1) is 6.92 Å². The molecule has 5 N–H and O–H groups in total. The normalized spacial score (nSPS) is 16.3. The van der Waals surface area contributed by atoms with Gasteiger partial charge in [-0.15, -0.1) is 0 Å². The van der Waals surface area contributed by atoms with E-state index in [0.717, 1.165) is 33.4 Å². The molecule has 6 rings (SSSR count). The molecular weight excluding hydrogens is 781 g/mol. The number of carboxylic acid groups (broad SMARTS) is 1.